The molecule has 0 fully saturated rings. The third kappa shape index (κ3) is 24.2. The van der Waals surface area contributed by atoms with Crippen molar-refractivity contribution in [3.8, 4) is 0 Å². The van der Waals surface area contributed by atoms with Gasteiger partial charge in [0.1, 0.15) is 0 Å². The van der Waals surface area contributed by atoms with Crippen LogP contribution in [0.4, 0.5) is 0 Å². The normalized spacial score (nSPS) is 11.6. The highest BCUT2D eigenvalue weighted by Gasteiger charge is 2.04. The molecule has 0 aliphatic rings. The van der Waals surface area contributed by atoms with Crippen LogP contribution in [0.3, 0.4) is 0 Å². The lowest BCUT2D eigenvalue weighted by atomic mass is 10.1. The fourth-order valence-electron chi connectivity index (χ4n) is 4.48. The van der Waals surface area contributed by atoms with E-state index in [-0.39, 0.29) is 0 Å². The molecule has 0 aromatic rings. The van der Waals surface area contributed by atoms with E-state index in [1.807, 2.05) is 0 Å². The third-order valence-electron chi connectivity index (χ3n) is 6.57. The Kier molecular flexibility index (Phi) is 26.9. The van der Waals surface area contributed by atoms with Gasteiger partial charge in [0.15, 0.2) is 0 Å². The topological polar surface area (TPSA) is 23.5 Å². The average molecular weight is 426 g/mol. The number of hydrogen-bond donors (Lipinski definition) is 1. The molecule has 2 nitrogen and oxygen atoms in total. The number of aliphatic hydroxyl groups is 1. The quantitative estimate of drug-likeness (QED) is 0.140. The number of hydrogen-bond acceptors (Lipinski definition) is 2. The zero-order chi connectivity index (χ0) is 22.0. The molecule has 30 heavy (non-hydrogen) atoms. The van der Waals surface area contributed by atoms with Gasteiger partial charge in [-0.25, -0.2) is 0 Å². The van der Waals surface area contributed by atoms with Gasteiger partial charge in [-0.05, 0) is 25.9 Å². The molecule has 0 aromatic carbocycles. The number of aliphatic hydroxyl groups excluding tert-OH is 1. The summed E-state index contributed by atoms with van der Waals surface area (Å²) in [6.45, 7) is 8.15. The van der Waals surface area contributed by atoms with E-state index in [1.54, 1.807) is 0 Å². The van der Waals surface area contributed by atoms with Crippen LogP contribution in [0, 0.1) is 0 Å². The van der Waals surface area contributed by atoms with E-state index in [0.29, 0.717) is 6.61 Å². The van der Waals surface area contributed by atoms with Crippen molar-refractivity contribution in [1.29, 1.82) is 0 Å². The largest absolute Gasteiger partial charge is 0.395 e. The highest BCUT2D eigenvalue weighted by atomic mass is 16.3. The molecule has 2 heteroatoms. The van der Waals surface area contributed by atoms with Gasteiger partial charge in [-0.1, -0.05) is 142 Å². The zero-order valence-electron chi connectivity index (χ0n) is 21.3. The summed E-state index contributed by atoms with van der Waals surface area (Å²) in [6, 6.07) is 0. The van der Waals surface area contributed by atoms with E-state index in [1.165, 1.54) is 154 Å². The van der Waals surface area contributed by atoms with Crippen molar-refractivity contribution in [3.05, 3.63) is 0 Å². The van der Waals surface area contributed by atoms with Gasteiger partial charge in [0.25, 0.3) is 0 Å². The highest BCUT2D eigenvalue weighted by molar-refractivity contribution is 4.59. The molecule has 0 atom stereocenters. The van der Waals surface area contributed by atoms with Crippen molar-refractivity contribution in [2.45, 2.75) is 155 Å². The third-order valence-corrected chi connectivity index (χ3v) is 6.57. The SMILES string of the molecule is CCCCCCCCCCCCCCN(CCO)CCCCCCCCCCCC. The smallest absolute Gasteiger partial charge is 0.0558 e. The van der Waals surface area contributed by atoms with E-state index < -0.39 is 0 Å². The van der Waals surface area contributed by atoms with Gasteiger partial charge in [0.05, 0.1) is 6.61 Å². The Hall–Kier alpha value is -0.0800. The summed E-state index contributed by atoms with van der Waals surface area (Å²) < 4.78 is 0. The summed E-state index contributed by atoms with van der Waals surface area (Å²) in [4.78, 5) is 2.50. The van der Waals surface area contributed by atoms with E-state index in [0.717, 1.165) is 6.54 Å². The van der Waals surface area contributed by atoms with Gasteiger partial charge >= 0.3 is 0 Å². The molecule has 0 amide bonds. The van der Waals surface area contributed by atoms with Gasteiger partial charge in [-0.2, -0.15) is 0 Å². The first-order valence-corrected chi connectivity index (χ1v) is 14.2. The molecule has 0 radical (unpaired) electrons. The Morgan fingerprint density at radius 1 is 0.367 bits per heavy atom. The van der Waals surface area contributed by atoms with Crippen LogP contribution in [0.25, 0.3) is 0 Å². The predicted molar refractivity (Wildman–Crippen MR) is 136 cm³/mol. The van der Waals surface area contributed by atoms with Gasteiger partial charge in [-0.3, -0.25) is 0 Å². The lowest BCUT2D eigenvalue weighted by Gasteiger charge is -2.21. The minimum absolute atomic E-state index is 0.315. The first-order valence-electron chi connectivity index (χ1n) is 14.2. The first kappa shape index (κ1) is 29.9. The molecule has 1 N–H and O–H groups in total. The van der Waals surface area contributed by atoms with Crippen LogP contribution >= 0.6 is 0 Å². The van der Waals surface area contributed by atoms with Crippen molar-refractivity contribution < 1.29 is 5.11 Å². The first-order chi connectivity index (χ1) is 14.8. The summed E-state index contributed by atoms with van der Waals surface area (Å²) in [5, 5.41) is 9.35. The molecule has 0 aromatic heterocycles. The van der Waals surface area contributed by atoms with Crippen LogP contribution in [0.15, 0.2) is 0 Å². The fourth-order valence-corrected chi connectivity index (χ4v) is 4.48. The summed E-state index contributed by atoms with van der Waals surface area (Å²) in [5.74, 6) is 0. The molecule has 0 aliphatic carbocycles. The molecule has 0 aliphatic heterocycles. The van der Waals surface area contributed by atoms with Crippen LogP contribution in [0.2, 0.25) is 0 Å². The molecule has 0 heterocycles. The summed E-state index contributed by atoms with van der Waals surface area (Å²) in [7, 11) is 0. The molecule has 0 saturated heterocycles. The second-order valence-electron chi connectivity index (χ2n) is 9.64. The summed E-state index contributed by atoms with van der Waals surface area (Å²) in [6.07, 6.45) is 31.0. The number of rotatable bonds is 26. The van der Waals surface area contributed by atoms with Gasteiger partial charge < -0.3 is 10.0 Å². The molecular weight excluding hydrogens is 366 g/mol. The van der Waals surface area contributed by atoms with Gasteiger partial charge in [-0.15, -0.1) is 0 Å². The minimum atomic E-state index is 0.315. The monoisotopic (exact) mass is 425 g/mol. The van der Waals surface area contributed by atoms with Crippen molar-refractivity contribution >= 4 is 0 Å². The Morgan fingerprint density at radius 3 is 0.900 bits per heavy atom. The van der Waals surface area contributed by atoms with Crippen LogP contribution in [-0.2, 0) is 0 Å². The predicted octanol–water partition coefficient (Wildman–Crippen LogP) is 8.90. The fraction of sp³-hybridized carbons (Fsp3) is 1.00. The van der Waals surface area contributed by atoms with E-state index in [9.17, 15) is 5.11 Å². The maximum absolute atomic E-state index is 9.35. The lowest BCUT2D eigenvalue weighted by Crippen LogP contribution is -2.29. The Morgan fingerprint density at radius 2 is 0.633 bits per heavy atom. The molecular formula is C28H59NO. The van der Waals surface area contributed by atoms with Crippen molar-refractivity contribution in [2.24, 2.45) is 0 Å². The van der Waals surface area contributed by atoms with Crippen LogP contribution in [0.5, 0.6) is 0 Å². The molecule has 0 rings (SSSR count). The molecule has 0 unspecified atom stereocenters. The minimum Gasteiger partial charge on any atom is -0.395 e. The van der Waals surface area contributed by atoms with E-state index >= 15 is 0 Å². The standard InChI is InChI=1S/C28H59NO/c1-3-5-7-9-11-13-15-16-18-20-22-24-26-29(27-28-30)25-23-21-19-17-14-12-10-8-6-4-2/h30H,3-28H2,1-2H3. The lowest BCUT2D eigenvalue weighted by molar-refractivity contribution is 0.190. The van der Waals surface area contributed by atoms with Crippen LogP contribution in [-0.4, -0.2) is 36.2 Å². The molecule has 0 bridgehead atoms. The molecule has 0 spiro atoms. The van der Waals surface area contributed by atoms with Crippen LogP contribution < -0.4 is 0 Å². The second kappa shape index (κ2) is 27.0. The zero-order valence-corrected chi connectivity index (χ0v) is 21.3. The maximum atomic E-state index is 9.35. The number of nitrogens with zero attached hydrogens (tertiary/aromatic N) is 1. The van der Waals surface area contributed by atoms with Crippen molar-refractivity contribution in [3.63, 3.8) is 0 Å². The van der Waals surface area contributed by atoms with Crippen molar-refractivity contribution in [2.75, 3.05) is 26.2 Å². The summed E-state index contributed by atoms with van der Waals surface area (Å²) >= 11 is 0. The highest BCUT2D eigenvalue weighted by Crippen LogP contribution is 2.13. The number of unbranched alkanes of at least 4 members (excludes halogenated alkanes) is 20. The van der Waals surface area contributed by atoms with Crippen molar-refractivity contribution in [1.82, 2.24) is 4.90 Å². The molecule has 182 valence electrons. The Balaban J connectivity index is 3.39. The average Bonchev–Trinajstić information content (AvgIpc) is 2.75. The van der Waals surface area contributed by atoms with Gasteiger partial charge in [0, 0.05) is 6.54 Å². The van der Waals surface area contributed by atoms with E-state index in [4.69, 9.17) is 0 Å². The summed E-state index contributed by atoms with van der Waals surface area (Å²) in [5.41, 5.74) is 0. The Labute approximate surface area is 191 Å². The second-order valence-corrected chi connectivity index (χ2v) is 9.64. The van der Waals surface area contributed by atoms with Crippen LogP contribution in [0.1, 0.15) is 155 Å². The maximum Gasteiger partial charge on any atom is 0.0558 e. The Bertz CT molecular complexity index is 294. The molecule has 0 saturated carbocycles. The van der Waals surface area contributed by atoms with Gasteiger partial charge in [0.2, 0.25) is 0 Å². The van der Waals surface area contributed by atoms with E-state index in [2.05, 4.69) is 18.7 Å².